The molecule has 2 aliphatic heterocycles. The van der Waals surface area contributed by atoms with Gasteiger partial charge in [0.1, 0.15) is 32.8 Å². The number of nitrogens with zero attached hydrogens (tertiary/aromatic N) is 4. The summed E-state index contributed by atoms with van der Waals surface area (Å²) in [7, 11) is -3.51. The van der Waals surface area contributed by atoms with Gasteiger partial charge in [-0.3, -0.25) is 4.79 Å². The Morgan fingerprint density at radius 2 is 1.15 bits per heavy atom. The number of anilines is 2. The number of rotatable bonds is 10. The molecule has 0 amide bonds. The second kappa shape index (κ2) is 18.5. The molecular formula is C36H32Cl4N4O7S3. The van der Waals surface area contributed by atoms with E-state index < -0.39 is 27.3 Å². The number of nitriles is 2. The highest BCUT2D eigenvalue weighted by molar-refractivity contribution is 7.91. The van der Waals surface area contributed by atoms with E-state index in [0.717, 1.165) is 28.7 Å². The fourth-order valence-corrected chi connectivity index (χ4v) is 9.63. The van der Waals surface area contributed by atoms with Gasteiger partial charge in [0.15, 0.2) is 15.6 Å². The van der Waals surface area contributed by atoms with Crippen molar-refractivity contribution in [1.29, 1.82) is 10.5 Å². The second-order valence-corrected chi connectivity index (χ2v) is 18.0. The number of morpholine rings is 2. The minimum Gasteiger partial charge on any atom is -0.477 e. The number of hydrogen-bond acceptors (Lipinski definition) is 12. The lowest BCUT2D eigenvalue weighted by Gasteiger charge is -2.27. The first-order valence-electron chi connectivity index (χ1n) is 16.3. The van der Waals surface area contributed by atoms with Crippen LogP contribution in [0.25, 0.3) is 0 Å². The van der Waals surface area contributed by atoms with Gasteiger partial charge in [-0.1, -0.05) is 58.5 Å². The molecule has 2 aliphatic rings. The fraction of sp³-hybridized carbons (Fsp3) is 0.333. The quantitative estimate of drug-likeness (QED) is 0.156. The molecule has 6 rings (SSSR count). The number of thiophene rings is 2. The zero-order valence-electron chi connectivity index (χ0n) is 28.7. The van der Waals surface area contributed by atoms with Crippen LogP contribution in [0, 0.1) is 22.7 Å². The lowest BCUT2D eigenvalue weighted by molar-refractivity contribution is 0.0701. The van der Waals surface area contributed by atoms with Crippen LogP contribution in [0.15, 0.2) is 36.4 Å². The maximum Gasteiger partial charge on any atom is 0.346 e. The van der Waals surface area contributed by atoms with Crippen molar-refractivity contribution < 1.29 is 32.6 Å². The molecule has 0 bridgehead atoms. The third-order valence-corrected chi connectivity index (χ3v) is 13.2. The third kappa shape index (κ3) is 10.3. The Morgan fingerprint density at radius 1 is 0.741 bits per heavy atom. The van der Waals surface area contributed by atoms with Crippen LogP contribution in [-0.4, -0.2) is 89.9 Å². The topological polar surface area (TPSA) is 161 Å². The van der Waals surface area contributed by atoms with Crippen molar-refractivity contribution in [3.63, 3.8) is 0 Å². The third-order valence-electron chi connectivity index (χ3n) is 8.37. The maximum absolute atomic E-state index is 12.8. The molecule has 4 aromatic rings. The lowest BCUT2D eigenvalue weighted by atomic mass is 10.00. The number of sulfone groups is 1. The zero-order chi connectivity index (χ0) is 39.2. The Hall–Kier alpha value is -3.41. The van der Waals surface area contributed by atoms with Gasteiger partial charge in [0.25, 0.3) is 0 Å². The van der Waals surface area contributed by atoms with E-state index in [0.29, 0.717) is 116 Å². The summed E-state index contributed by atoms with van der Waals surface area (Å²) >= 11 is 26.4. The molecule has 2 aromatic heterocycles. The molecule has 1 N–H and O–H groups in total. The van der Waals surface area contributed by atoms with Crippen molar-refractivity contribution in [2.24, 2.45) is 0 Å². The smallest absolute Gasteiger partial charge is 0.346 e. The minimum absolute atomic E-state index is 0.184. The number of benzene rings is 2. The molecule has 2 saturated heterocycles. The van der Waals surface area contributed by atoms with Gasteiger partial charge in [-0.2, -0.15) is 10.5 Å². The summed E-state index contributed by atoms with van der Waals surface area (Å²) in [6.45, 7) is 4.65. The molecule has 0 spiro atoms. The molecule has 11 nitrogen and oxygen atoms in total. The summed E-state index contributed by atoms with van der Waals surface area (Å²) in [5, 5.41) is 32.1. The van der Waals surface area contributed by atoms with Crippen LogP contribution in [0.1, 0.15) is 52.7 Å². The molecule has 2 fully saturated rings. The van der Waals surface area contributed by atoms with Gasteiger partial charge in [-0.25, -0.2) is 13.2 Å². The maximum atomic E-state index is 12.8. The number of carboxylic acid groups (broad SMARTS) is 1. The number of carboxylic acids is 1. The van der Waals surface area contributed by atoms with Gasteiger partial charge in [-0.15, -0.1) is 22.7 Å². The van der Waals surface area contributed by atoms with Crippen molar-refractivity contribution in [2.75, 3.05) is 74.4 Å². The molecule has 18 heteroatoms. The van der Waals surface area contributed by atoms with E-state index in [1.54, 1.807) is 36.4 Å². The first kappa shape index (κ1) is 41.7. The van der Waals surface area contributed by atoms with Gasteiger partial charge in [0, 0.05) is 50.8 Å². The average molecular weight is 871 g/mol. The van der Waals surface area contributed by atoms with Crippen molar-refractivity contribution in [1.82, 2.24) is 0 Å². The van der Waals surface area contributed by atoms with Crippen molar-refractivity contribution >= 4 is 101 Å². The Bertz CT molecular complexity index is 2250. The van der Waals surface area contributed by atoms with Crippen LogP contribution in [-0.2, 0) is 32.2 Å². The monoisotopic (exact) mass is 868 g/mol. The van der Waals surface area contributed by atoms with Crippen molar-refractivity contribution in [2.45, 2.75) is 12.8 Å². The molecule has 54 heavy (non-hydrogen) atoms. The lowest BCUT2D eigenvalue weighted by Crippen LogP contribution is -2.36. The van der Waals surface area contributed by atoms with Gasteiger partial charge in [0.05, 0.1) is 62.5 Å². The molecule has 0 unspecified atom stereocenters. The second-order valence-electron chi connectivity index (χ2n) is 12.3. The Balaban J connectivity index is 0.000000210. The van der Waals surface area contributed by atoms with Gasteiger partial charge in [-0.05, 0) is 41.0 Å². The Morgan fingerprint density at radius 3 is 1.52 bits per heavy atom. The summed E-state index contributed by atoms with van der Waals surface area (Å²) in [6.07, 6.45) is 1.60. The van der Waals surface area contributed by atoms with Crippen molar-refractivity contribution in [3.8, 4) is 12.1 Å². The van der Waals surface area contributed by atoms with E-state index in [4.69, 9.17) is 55.9 Å². The van der Waals surface area contributed by atoms with Crippen molar-refractivity contribution in [3.05, 3.63) is 99.6 Å². The molecule has 0 radical (unpaired) electrons. The predicted octanol–water partition coefficient (Wildman–Crippen LogP) is 7.63. The number of Topliss-reactive ketones (excluding diaryl/α,β-unsaturated/α-hetero) is 1. The van der Waals surface area contributed by atoms with Crippen LogP contribution in [0.4, 0.5) is 10.0 Å². The summed E-state index contributed by atoms with van der Waals surface area (Å²) in [5.41, 5.74) is 3.41. The fourth-order valence-electron chi connectivity index (χ4n) is 5.86. The van der Waals surface area contributed by atoms with Gasteiger partial charge in [0.2, 0.25) is 0 Å². The highest BCUT2D eigenvalue weighted by atomic mass is 35.5. The first-order chi connectivity index (χ1) is 25.7. The largest absolute Gasteiger partial charge is 0.477 e. The number of ketones is 1. The van der Waals surface area contributed by atoms with E-state index in [-0.39, 0.29) is 11.3 Å². The van der Waals surface area contributed by atoms with Gasteiger partial charge >= 0.3 is 5.97 Å². The molecule has 4 heterocycles. The average Bonchev–Trinajstić information content (AvgIpc) is 3.70. The molecule has 284 valence electrons. The summed E-state index contributed by atoms with van der Waals surface area (Å²) < 4.78 is 34.1. The Labute approximate surface area is 340 Å². The van der Waals surface area contributed by atoms with E-state index in [9.17, 15) is 33.6 Å². The minimum atomic E-state index is -3.51. The van der Waals surface area contributed by atoms with E-state index >= 15 is 0 Å². The zero-order valence-corrected chi connectivity index (χ0v) is 34.1. The molecule has 0 saturated carbocycles. The number of halogens is 4. The number of carbonyl (C=O) groups is 2. The number of hydrogen-bond donors (Lipinski definition) is 1. The highest BCUT2D eigenvalue weighted by Gasteiger charge is 2.29. The first-order valence-corrected chi connectivity index (χ1v) is 21.5. The van der Waals surface area contributed by atoms with Crippen LogP contribution in [0.2, 0.25) is 20.1 Å². The van der Waals surface area contributed by atoms with E-state index in [2.05, 4.69) is 12.1 Å². The number of carbonyl (C=O) groups excluding carboxylic acids is 1. The predicted molar refractivity (Wildman–Crippen MR) is 214 cm³/mol. The van der Waals surface area contributed by atoms with Gasteiger partial charge < -0.3 is 24.4 Å². The van der Waals surface area contributed by atoms with Crippen LogP contribution in [0.5, 0.6) is 0 Å². The standard InChI is InChI=1S/C19H18Cl2N2O4S2.C17H14Cl2N2O3S/c1-29(25,26)11-17(24)18-13(8-12-2-3-15(20)16(21)9-12)14(10-22)19(28-18)23-4-6-27-7-5-23;18-13-2-1-10(8-14(13)19)7-11-12(9-20)16(25-15(11)17(22)23)21-3-5-24-6-4-21/h2-3,9H,4-8,11H2,1H3;1-2,8H,3-7H2,(H,22,23). The van der Waals surface area contributed by atoms with E-state index in [1.165, 1.54) is 11.3 Å². The van der Waals surface area contributed by atoms with E-state index in [1.807, 2.05) is 9.80 Å². The molecule has 0 aliphatic carbocycles. The molecule has 0 atom stereocenters. The normalized spacial score (nSPS) is 14.5. The summed E-state index contributed by atoms with van der Waals surface area (Å²) in [5.74, 6) is -2.14. The summed E-state index contributed by atoms with van der Waals surface area (Å²) in [6, 6.07) is 14.7. The number of ether oxygens (including phenoxy) is 2. The van der Waals surface area contributed by atoms with Crippen LogP contribution in [0.3, 0.4) is 0 Å². The SMILES string of the molecule is CS(=O)(=O)CC(=O)c1sc(N2CCOCC2)c(C#N)c1Cc1ccc(Cl)c(Cl)c1.N#Cc1c(N2CCOCC2)sc(C(=O)O)c1Cc1ccc(Cl)c(Cl)c1. The highest BCUT2D eigenvalue weighted by Crippen LogP contribution is 2.40. The summed E-state index contributed by atoms with van der Waals surface area (Å²) in [4.78, 5) is 29.0. The van der Waals surface area contributed by atoms with Crippen LogP contribution >= 0.6 is 69.1 Å². The number of aromatic carboxylic acids is 1. The van der Waals surface area contributed by atoms with Crippen LogP contribution < -0.4 is 9.80 Å². The molecular weight excluding hydrogens is 838 g/mol. The molecule has 2 aromatic carbocycles. The Kier molecular flexibility index (Phi) is 14.3.